The molecule has 1 rings (SSSR count). The highest BCUT2D eigenvalue weighted by molar-refractivity contribution is 8.11. The summed E-state index contributed by atoms with van der Waals surface area (Å²) in [5.41, 5.74) is 0. The predicted molar refractivity (Wildman–Crippen MR) is 41.8 cm³/mol. The molecule has 1 heterocycles. The largest absolute Gasteiger partial charge is 0.380 e. The second-order valence-electron chi connectivity index (χ2n) is 2.48. The Morgan fingerprint density at radius 3 is 2.64 bits per heavy atom. The van der Waals surface area contributed by atoms with Crippen LogP contribution < -0.4 is 0 Å². The van der Waals surface area contributed by atoms with Crippen LogP contribution in [0.4, 0.5) is 0 Å². The summed E-state index contributed by atoms with van der Waals surface area (Å²) in [6.07, 6.45) is 0.725. The van der Waals surface area contributed by atoms with E-state index in [1.807, 2.05) is 0 Å². The summed E-state index contributed by atoms with van der Waals surface area (Å²) in [6, 6.07) is -0.0856. The molecule has 0 aromatic rings. The Morgan fingerprint density at radius 2 is 2.27 bits per heavy atom. The molecule has 0 radical (unpaired) electrons. The van der Waals surface area contributed by atoms with Crippen molar-refractivity contribution in [2.75, 3.05) is 20.3 Å². The van der Waals surface area contributed by atoms with Crippen molar-refractivity contribution in [1.29, 1.82) is 0 Å². The number of hydrogen-bond donors (Lipinski definition) is 0. The number of halogens is 1. The molecule has 0 aromatic heterocycles. The molecule has 1 saturated heterocycles. The Morgan fingerprint density at radius 1 is 1.64 bits per heavy atom. The Kier molecular flexibility index (Phi) is 2.74. The van der Waals surface area contributed by atoms with Gasteiger partial charge in [0.15, 0.2) is 0 Å². The maximum Gasteiger partial charge on any atom is 0.299 e. The summed E-state index contributed by atoms with van der Waals surface area (Å²) >= 11 is 0. The molecule has 0 unspecified atom stereocenters. The van der Waals surface area contributed by atoms with Crippen LogP contribution in [-0.4, -0.2) is 39.0 Å². The molecule has 4 nitrogen and oxygen atoms in total. The molecule has 66 valence electrons. The van der Waals surface area contributed by atoms with Gasteiger partial charge in [0, 0.05) is 24.3 Å². The monoisotopic (exact) mass is 199 g/mol. The van der Waals surface area contributed by atoms with Gasteiger partial charge in [0.1, 0.15) is 0 Å². The van der Waals surface area contributed by atoms with Crippen LogP contribution in [0.25, 0.3) is 0 Å². The minimum Gasteiger partial charge on any atom is -0.380 e. The molecule has 0 N–H and O–H groups in total. The van der Waals surface area contributed by atoms with Crippen molar-refractivity contribution in [2.45, 2.75) is 12.5 Å². The van der Waals surface area contributed by atoms with Gasteiger partial charge >= 0.3 is 0 Å². The molecule has 0 saturated carbocycles. The molecule has 6 heteroatoms. The summed E-state index contributed by atoms with van der Waals surface area (Å²) in [5.74, 6) is 0. The van der Waals surface area contributed by atoms with E-state index in [1.165, 1.54) is 7.05 Å². The number of ether oxygens (including phenoxy) is 1. The van der Waals surface area contributed by atoms with Crippen LogP contribution in [0.15, 0.2) is 0 Å². The maximum atomic E-state index is 10.8. The highest BCUT2D eigenvalue weighted by atomic mass is 35.7. The molecule has 0 amide bonds. The Hall–Kier alpha value is 0.160. The number of likely N-dealkylation sites (N-methyl/N-ethyl adjacent to an activating group) is 1. The lowest BCUT2D eigenvalue weighted by Gasteiger charge is -2.17. The molecule has 0 bridgehead atoms. The second-order valence-corrected chi connectivity index (χ2v) is 5.05. The minimum atomic E-state index is -3.56. The normalized spacial score (nSPS) is 26.3. The molecule has 0 spiro atoms. The summed E-state index contributed by atoms with van der Waals surface area (Å²) < 4.78 is 27.7. The van der Waals surface area contributed by atoms with Gasteiger partial charge in [0.2, 0.25) is 0 Å². The second kappa shape index (κ2) is 3.26. The first kappa shape index (κ1) is 9.25. The third-order valence-electron chi connectivity index (χ3n) is 1.76. The van der Waals surface area contributed by atoms with Crippen molar-refractivity contribution >= 4 is 19.9 Å². The van der Waals surface area contributed by atoms with E-state index < -0.39 is 9.24 Å². The van der Waals surface area contributed by atoms with E-state index >= 15 is 0 Å². The lowest BCUT2D eigenvalue weighted by molar-refractivity contribution is 0.181. The van der Waals surface area contributed by atoms with E-state index in [0.717, 1.165) is 10.7 Å². The van der Waals surface area contributed by atoms with Gasteiger partial charge in [0.25, 0.3) is 9.24 Å². The van der Waals surface area contributed by atoms with Gasteiger partial charge < -0.3 is 4.74 Å². The zero-order valence-electron chi connectivity index (χ0n) is 6.16. The maximum absolute atomic E-state index is 10.8. The van der Waals surface area contributed by atoms with Gasteiger partial charge in [-0.1, -0.05) is 0 Å². The highest BCUT2D eigenvalue weighted by Crippen LogP contribution is 2.15. The van der Waals surface area contributed by atoms with Crippen molar-refractivity contribution in [3.05, 3.63) is 0 Å². The van der Waals surface area contributed by atoms with E-state index in [1.54, 1.807) is 0 Å². The Bertz CT molecular complexity index is 222. The lowest BCUT2D eigenvalue weighted by Crippen LogP contribution is -2.34. The van der Waals surface area contributed by atoms with Crippen molar-refractivity contribution in [1.82, 2.24) is 4.31 Å². The predicted octanol–water partition coefficient (Wildman–Crippen LogP) is 0.191. The standard InChI is InChI=1S/C5H10ClNO3S/c1-7(11(6,8)9)5-2-3-10-4-5/h5H,2-4H2,1H3/t5-/m1/s1. The van der Waals surface area contributed by atoms with Crippen LogP contribution in [0.2, 0.25) is 0 Å². The average Bonchev–Trinajstić information content (AvgIpc) is 2.34. The first-order valence-electron chi connectivity index (χ1n) is 3.27. The van der Waals surface area contributed by atoms with E-state index in [4.69, 9.17) is 15.4 Å². The quantitative estimate of drug-likeness (QED) is 0.597. The molecular formula is C5H10ClNO3S. The van der Waals surface area contributed by atoms with Gasteiger partial charge in [-0.2, -0.15) is 12.7 Å². The van der Waals surface area contributed by atoms with Crippen LogP contribution in [-0.2, 0) is 14.0 Å². The van der Waals surface area contributed by atoms with Gasteiger partial charge in [-0.15, -0.1) is 0 Å². The first-order valence-corrected chi connectivity index (χ1v) is 5.54. The molecule has 0 aromatic carbocycles. The smallest absolute Gasteiger partial charge is 0.299 e. The van der Waals surface area contributed by atoms with Crippen LogP contribution in [0, 0.1) is 0 Å². The van der Waals surface area contributed by atoms with E-state index in [9.17, 15) is 8.42 Å². The van der Waals surface area contributed by atoms with Gasteiger partial charge in [-0.05, 0) is 6.42 Å². The molecular weight excluding hydrogens is 190 g/mol. The van der Waals surface area contributed by atoms with Gasteiger partial charge in [-0.25, -0.2) is 0 Å². The van der Waals surface area contributed by atoms with Crippen LogP contribution in [0.3, 0.4) is 0 Å². The van der Waals surface area contributed by atoms with Gasteiger partial charge in [0.05, 0.1) is 12.6 Å². The zero-order chi connectivity index (χ0) is 8.48. The molecule has 1 fully saturated rings. The van der Waals surface area contributed by atoms with Crippen molar-refractivity contribution in [3.8, 4) is 0 Å². The summed E-state index contributed by atoms with van der Waals surface area (Å²) in [7, 11) is 3.01. The van der Waals surface area contributed by atoms with Gasteiger partial charge in [-0.3, -0.25) is 0 Å². The third-order valence-corrected chi connectivity index (χ3v) is 3.40. The topological polar surface area (TPSA) is 46.6 Å². The fourth-order valence-corrected chi connectivity index (χ4v) is 1.85. The Labute approximate surface area is 70.6 Å². The molecule has 0 aliphatic carbocycles. The fourth-order valence-electron chi connectivity index (χ4n) is 0.987. The lowest BCUT2D eigenvalue weighted by atomic mass is 10.3. The molecule has 1 atom stereocenters. The third kappa shape index (κ3) is 2.30. The van der Waals surface area contributed by atoms with E-state index in [2.05, 4.69) is 0 Å². The van der Waals surface area contributed by atoms with Crippen molar-refractivity contribution < 1.29 is 13.2 Å². The number of rotatable bonds is 2. The Balaban J connectivity index is 2.60. The van der Waals surface area contributed by atoms with E-state index in [-0.39, 0.29) is 6.04 Å². The summed E-state index contributed by atoms with van der Waals surface area (Å²) in [6.45, 7) is 1.06. The summed E-state index contributed by atoms with van der Waals surface area (Å²) in [4.78, 5) is 0. The molecule has 1 aliphatic heterocycles. The van der Waals surface area contributed by atoms with Crippen LogP contribution in [0.5, 0.6) is 0 Å². The highest BCUT2D eigenvalue weighted by Gasteiger charge is 2.27. The number of hydrogen-bond acceptors (Lipinski definition) is 3. The van der Waals surface area contributed by atoms with Crippen LogP contribution >= 0.6 is 10.7 Å². The van der Waals surface area contributed by atoms with Crippen molar-refractivity contribution in [3.63, 3.8) is 0 Å². The molecule has 11 heavy (non-hydrogen) atoms. The number of nitrogens with zero attached hydrogens (tertiary/aromatic N) is 1. The van der Waals surface area contributed by atoms with Crippen LogP contribution in [0.1, 0.15) is 6.42 Å². The van der Waals surface area contributed by atoms with Crippen molar-refractivity contribution in [2.24, 2.45) is 0 Å². The fraction of sp³-hybridized carbons (Fsp3) is 1.00. The molecule has 1 aliphatic rings. The summed E-state index contributed by atoms with van der Waals surface area (Å²) in [5, 5.41) is 0. The minimum absolute atomic E-state index is 0.0856. The first-order chi connectivity index (χ1) is 5.02. The average molecular weight is 200 g/mol. The SMILES string of the molecule is CN([C@@H]1CCOC1)S(=O)(=O)Cl. The van der Waals surface area contributed by atoms with E-state index in [0.29, 0.717) is 13.2 Å². The zero-order valence-corrected chi connectivity index (χ0v) is 7.73.